The van der Waals surface area contributed by atoms with Gasteiger partial charge in [0.05, 0.1) is 33.8 Å². The fourth-order valence-corrected chi connectivity index (χ4v) is 4.14. The van der Waals surface area contributed by atoms with Gasteiger partial charge in [0.2, 0.25) is 0 Å². The molecular weight excluding hydrogens is 410 g/mol. The van der Waals surface area contributed by atoms with E-state index in [1.807, 2.05) is 12.1 Å². The molecule has 1 saturated heterocycles. The number of thiophene rings is 1. The summed E-state index contributed by atoms with van der Waals surface area (Å²) in [5.41, 5.74) is 1.50. The zero-order chi connectivity index (χ0) is 20.2. The standard InChI is InChI=1S/C19H22ClN7OS/c1-25-7-2-8-26(10-9-25)18-6-3-15(12-21-18)27-13-14(23-24-27)11-22-19(28)16-4-5-17(20)29-16/h3-6,12-13H,2,7-11H2,1H3,(H,22,28). The first-order chi connectivity index (χ1) is 14.1. The van der Waals surface area contributed by atoms with E-state index in [1.54, 1.807) is 29.2 Å². The van der Waals surface area contributed by atoms with Gasteiger partial charge in [0, 0.05) is 19.6 Å². The lowest BCUT2D eigenvalue weighted by atomic mass is 10.3. The summed E-state index contributed by atoms with van der Waals surface area (Å²) in [6.45, 7) is 4.44. The van der Waals surface area contributed by atoms with Crippen molar-refractivity contribution in [1.82, 2.24) is 30.2 Å². The lowest BCUT2D eigenvalue weighted by Gasteiger charge is -2.21. The first-order valence-electron chi connectivity index (χ1n) is 9.43. The minimum absolute atomic E-state index is 0.175. The van der Waals surface area contributed by atoms with Crippen LogP contribution in [0.15, 0.2) is 36.7 Å². The van der Waals surface area contributed by atoms with Crippen LogP contribution >= 0.6 is 22.9 Å². The van der Waals surface area contributed by atoms with Crippen molar-refractivity contribution >= 4 is 34.7 Å². The van der Waals surface area contributed by atoms with Crippen molar-refractivity contribution in [2.75, 3.05) is 38.1 Å². The summed E-state index contributed by atoms with van der Waals surface area (Å²) in [6, 6.07) is 7.42. The van der Waals surface area contributed by atoms with E-state index < -0.39 is 0 Å². The Morgan fingerprint density at radius 1 is 1.21 bits per heavy atom. The van der Waals surface area contributed by atoms with Crippen molar-refractivity contribution in [2.45, 2.75) is 13.0 Å². The number of carbonyl (C=O) groups is 1. The zero-order valence-corrected chi connectivity index (χ0v) is 17.7. The molecule has 0 radical (unpaired) electrons. The molecule has 1 amide bonds. The molecule has 0 aliphatic carbocycles. The number of aromatic nitrogens is 4. The highest BCUT2D eigenvalue weighted by Gasteiger charge is 2.14. The number of hydrogen-bond acceptors (Lipinski definition) is 7. The second kappa shape index (κ2) is 8.89. The third-order valence-corrected chi connectivity index (χ3v) is 6.04. The van der Waals surface area contributed by atoms with Gasteiger partial charge in [0.25, 0.3) is 5.91 Å². The molecule has 0 atom stereocenters. The molecule has 1 N–H and O–H groups in total. The first-order valence-corrected chi connectivity index (χ1v) is 10.6. The minimum atomic E-state index is -0.175. The van der Waals surface area contributed by atoms with Crippen LogP contribution in [0.1, 0.15) is 21.8 Å². The number of amides is 1. The largest absolute Gasteiger partial charge is 0.355 e. The Morgan fingerprint density at radius 3 is 2.86 bits per heavy atom. The van der Waals surface area contributed by atoms with Gasteiger partial charge in [-0.25, -0.2) is 9.67 Å². The fraction of sp³-hybridized carbons (Fsp3) is 0.368. The van der Waals surface area contributed by atoms with Gasteiger partial charge in [-0.3, -0.25) is 4.79 Å². The Bertz CT molecular complexity index is 971. The van der Waals surface area contributed by atoms with Crippen molar-refractivity contribution < 1.29 is 4.79 Å². The number of rotatable bonds is 5. The monoisotopic (exact) mass is 431 g/mol. The van der Waals surface area contributed by atoms with Crippen LogP contribution in [-0.4, -0.2) is 64.0 Å². The van der Waals surface area contributed by atoms with Crippen LogP contribution in [0.3, 0.4) is 0 Å². The molecule has 1 aliphatic heterocycles. The number of anilines is 1. The number of hydrogen-bond donors (Lipinski definition) is 1. The van der Waals surface area contributed by atoms with Crippen molar-refractivity contribution in [1.29, 1.82) is 0 Å². The van der Waals surface area contributed by atoms with Gasteiger partial charge < -0.3 is 15.1 Å². The SMILES string of the molecule is CN1CCCN(c2ccc(-n3cc(CNC(=O)c4ccc(Cl)s4)nn3)cn2)CC1. The normalized spacial score (nSPS) is 15.3. The zero-order valence-electron chi connectivity index (χ0n) is 16.1. The fourth-order valence-electron chi connectivity index (χ4n) is 3.18. The van der Waals surface area contributed by atoms with Crippen LogP contribution in [0.2, 0.25) is 4.34 Å². The maximum atomic E-state index is 12.1. The van der Waals surface area contributed by atoms with E-state index in [2.05, 4.69) is 37.5 Å². The van der Waals surface area contributed by atoms with Gasteiger partial charge in [0.1, 0.15) is 11.5 Å². The van der Waals surface area contributed by atoms with Crippen LogP contribution < -0.4 is 10.2 Å². The molecule has 4 heterocycles. The molecule has 0 unspecified atom stereocenters. The van der Waals surface area contributed by atoms with Crippen LogP contribution in [0.4, 0.5) is 5.82 Å². The molecule has 0 aromatic carbocycles. The minimum Gasteiger partial charge on any atom is -0.355 e. The van der Waals surface area contributed by atoms with Crippen LogP contribution in [0.25, 0.3) is 5.69 Å². The van der Waals surface area contributed by atoms with E-state index in [1.165, 1.54) is 11.3 Å². The Labute approximate surface area is 178 Å². The van der Waals surface area contributed by atoms with Crippen LogP contribution in [0, 0.1) is 0 Å². The molecule has 4 rings (SSSR count). The Hall–Kier alpha value is -2.49. The Balaban J connectivity index is 1.37. The summed E-state index contributed by atoms with van der Waals surface area (Å²) in [5.74, 6) is 0.803. The van der Waals surface area contributed by atoms with Crippen molar-refractivity contribution in [3.63, 3.8) is 0 Å². The summed E-state index contributed by atoms with van der Waals surface area (Å²) >= 11 is 7.11. The van der Waals surface area contributed by atoms with Crippen molar-refractivity contribution in [3.05, 3.63) is 51.6 Å². The summed E-state index contributed by atoms with van der Waals surface area (Å²) in [6.07, 6.45) is 4.73. The summed E-state index contributed by atoms with van der Waals surface area (Å²) in [5, 5.41) is 11.1. The molecule has 0 saturated carbocycles. The van der Waals surface area contributed by atoms with E-state index in [-0.39, 0.29) is 5.91 Å². The number of likely N-dealkylation sites (N-methyl/N-ethyl adjacent to an activating group) is 1. The molecule has 29 heavy (non-hydrogen) atoms. The van der Waals surface area contributed by atoms with Gasteiger partial charge in [0.15, 0.2) is 0 Å². The summed E-state index contributed by atoms with van der Waals surface area (Å²) in [7, 11) is 2.15. The van der Waals surface area contributed by atoms with E-state index in [4.69, 9.17) is 11.6 Å². The van der Waals surface area contributed by atoms with Gasteiger partial charge in [-0.2, -0.15) is 0 Å². The molecule has 8 nitrogen and oxygen atoms in total. The topological polar surface area (TPSA) is 79.2 Å². The molecule has 3 aromatic rings. The lowest BCUT2D eigenvalue weighted by Crippen LogP contribution is -2.29. The van der Waals surface area contributed by atoms with Crippen LogP contribution in [0.5, 0.6) is 0 Å². The highest BCUT2D eigenvalue weighted by atomic mass is 35.5. The van der Waals surface area contributed by atoms with Crippen LogP contribution in [-0.2, 0) is 6.54 Å². The third kappa shape index (κ3) is 4.92. The molecule has 152 valence electrons. The van der Waals surface area contributed by atoms with Crippen molar-refractivity contribution in [2.24, 2.45) is 0 Å². The number of carbonyl (C=O) groups excluding carboxylic acids is 1. The molecular formula is C19H22ClN7OS. The molecule has 1 fully saturated rings. The number of nitrogens with one attached hydrogen (secondary N) is 1. The highest BCUT2D eigenvalue weighted by Crippen LogP contribution is 2.21. The maximum absolute atomic E-state index is 12.1. The number of nitrogens with zero attached hydrogens (tertiary/aromatic N) is 6. The van der Waals surface area contributed by atoms with Gasteiger partial charge in [-0.05, 0) is 44.3 Å². The maximum Gasteiger partial charge on any atom is 0.261 e. The third-order valence-electron chi connectivity index (χ3n) is 4.81. The molecule has 0 spiro atoms. The van der Waals surface area contributed by atoms with Gasteiger partial charge >= 0.3 is 0 Å². The molecule has 0 bridgehead atoms. The second-order valence-corrected chi connectivity index (χ2v) is 8.67. The first kappa shape index (κ1) is 19.8. The Kier molecular flexibility index (Phi) is 6.08. The predicted octanol–water partition coefficient (Wildman–Crippen LogP) is 2.45. The predicted molar refractivity (Wildman–Crippen MR) is 114 cm³/mol. The molecule has 10 heteroatoms. The van der Waals surface area contributed by atoms with E-state index in [0.29, 0.717) is 21.5 Å². The Morgan fingerprint density at radius 2 is 2.10 bits per heavy atom. The smallest absolute Gasteiger partial charge is 0.261 e. The number of halogens is 1. The lowest BCUT2D eigenvalue weighted by molar-refractivity contribution is 0.0954. The summed E-state index contributed by atoms with van der Waals surface area (Å²) in [4.78, 5) is 21.9. The van der Waals surface area contributed by atoms with E-state index >= 15 is 0 Å². The van der Waals surface area contributed by atoms with Gasteiger partial charge in [-0.15, -0.1) is 16.4 Å². The van der Waals surface area contributed by atoms with E-state index in [9.17, 15) is 4.79 Å². The molecule has 1 aliphatic rings. The average molecular weight is 432 g/mol. The average Bonchev–Trinajstić information content (AvgIpc) is 3.32. The summed E-state index contributed by atoms with van der Waals surface area (Å²) < 4.78 is 2.25. The number of pyridine rings is 1. The van der Waals surface area contributed by atoms with Gasteiger partial charge in [-0.1, -0.05) is 16.8 Å². The quantitative estimate of drug-likeness (QED) is 0.668. The van der Waals surface area contributed by atoms with Crippen molar-refractivity contribution in [3.8, 4) is 5.69 Å². The molecule has 3 aromatic heterocycles. The highest BCUT2D eigenvalue weighted by molar-refractivity contribution is 7.17. The van der Waals surface area contributed by atoms with E-state index in [0.717, 1.165) is 44.1 Å². The second-order valence-electron chi connectivity index (χ2n) is 6.96.